The van der Waals surface area contributed by atoms with Gasteiger partial charge in [-0.15, -0.1) is 6.42 Å². The van der Waals surface area contributed by atoms with Crippen molar-refractivity contribution in [1.82, 2.24) is 10.2 Å². The molecule has 0 fully saturated rings. The summed E-state index contributed by atoms with van der Waals surface area (Å²) in [6.45, 7) is 8.33. The summed E-state index contributed by atoms with van der Waals surface area (Å²) < 4.78 is 0. The zero-order valence-corrected chi connectivity index (χ0v) is 9.30. The highest BCUT2D eigenvalue weighted by Crippen LogP contribution is 1.98. The summed E-state index contributed by atoms with van der Waals surface area (Å²) in [5, 5.41) is 3.40. The van der Waals surface area contributed by atoms with Crippen molar-refractivity contribution in [2.45, 2.75) is 39.3 Å². The molecule has 0 aliphatic carbocycles. The van der Waals surface area contributed by atoms with E-state index in [1.54, 1.807) is 0 Å². The minimum atomic E-state index is 0.558. The van der Waals surface area contributed by atoms with Gasteiger partial charge < -0.3 is 5.32 Å². The topological polar surface area (TPSA) is 15.3 Å². The van der Waals surface area contributed by atoms with E-state index >= 15 is 0 Å². The lowest BCUT2D eigenvalue weighted by atomic mass is 10.2. The maximum absolute atomic E-state index is 5.24. The van der Waals surface area contributed by atoms with Gasteiger partial charge in [0.25, 0.3) is 0 Å². The molecule has 1 atom stereocenters. The lowest BCUT2D eigenvalue weighted by molar-refractivity contribution is 0.271. The molecular formula is C11H22N2. The summed E-state index contributed by atoms with van der Waals surface area (Å²) in [7, 11) is 2.07. The van der Waals surface area contributed by atoms with E-state index < -0.39 is 0 Å². The molecule has 76 valence electrons. The molecule has 0 amide bonds. The first-order chi connectivity index (χ1) is 6.07. The molecule has 0 saturated carbocycles. The normalized spacial score (nSPS) is 13.3. The molecule has 0 aromatic carbocycles. The van der Waals surface area contributed by atoms with E-state index in [1.165, 1.54) is 0 Å². The fourth-order valence-corrected chi connectivity index (χ4v) is 1.10. The predicted molar refractivity (Wildman–Crippen MR) is 58.7 cm³/mol. The van der Waals surface area contributed by atoms with Gasteiger partial charge in [-0.3, -0.25) is 4.90 Å². The second kappa shape index (κ2) is 6.94. The molecule has 0 spiro atoms. The molecule has 0 bridgehead atoms. The van der Waals surface area contributed by atoms with Gasteiger partial charge in [-0.1, -0.05) is 19.8 Å². The Kier molecular flexibility index (Phi) is 6.66. The second-order valence-electron chi connectivity index (χ2n) is 3.87. The monoisotopic (exact) mass is 182 g/mol. The molecule has 2 nitrogen and oxygen atoms in total. The third-order valence-corrected chi connectivity index (χ3v) is 2.21. The van der Waals surface area contributed by atoms with Crippen molar-refractivity contribution >= 4 is 0 Å². The summed E-state index contributed by atoms with van der Waals surface area (Å²) in [5.74, 6) is 2.65. The van der Waals surface area contributed by atoms with Crippen LogP contribution in [-0.4, -0.2) is 37.1 Å². The van der Waals surface area contributed by atoms with Gasteiger partial charge in [0, 0.05) is 12.1 Å². The average molecular weight is 182 g/mol. The highest BCUT2D eigenvalue weighted by Gasteiger charge is 2.06. The Morgan fingerprint density at radius 3 is 2.46 bits per heavy atom. The van der Waals surface area contributed by atoms with Crippen molar-refractivity contribution in [3.63, 3.8) is 0 Å². The standard InChI is InChI=1S/C11H22N2/c1-6-9-13(5)11(4)7-8-12-10(2)3/h1,10-12H,7-9H2,2-5H3. The molecule has 1 N–H and O–H groups in total. The number of nitrogens with one attached hydrogen (secondary N) is 1. The van der Waals surface area contributed by atoms with Crippen LogP contribution < -0.4 is 5.32 Å². The molecule has 0 rings (SSSR count). The van der Waals surface area contributed by atoms with Crippen molar-refractivity contribution in [3.05, 3.63) is 0 Å². The van der Waals surface area contributed by atoms with Gasteiger partial charge in [-0.05, 0) is 26.9 Å². The van der Waals surface area contributed by atoms with Crippen LogP contribution in [-0.2, 0) is 0 Å². The largest absolute Gasteiger partial charge is 0.314 e. The molecule has 0 aliphatic rings. The van der Waals surface area contributed by atoms with E-state index in [1.807, 2.05) is 0 Å². The van der Waals surface area contributed by atoms with Crippen LogP contribution >= 0.6 is 0 Å². The third-order valence-electron chi connectivity index (χ3n) is 2.21. The van der Waals surface area contributed by atoms with Crippen molar-refractivity contribution in [2.24, 2.45) is 0 Å². The Morgan fingerprint density at radius 2 is 2.00 bits per heavy atom. The highest BCUT2D eigenvalue weighted by atomic mass is 15.1. The Labute approximate surface area is 82.7 Å². The first kappa shape index (κ1) is 12.5. The van der Waals surface area contributed by atoms with Crippen LogP contribution in [0.2, 0.25) is 0 Å². The summed E-state index contributed by atoms with van der Waals surface area (Å²) in [6, 6.07) is 1.13. The molecule has 0 heterocycles. The van der Waals surface area contributed by atoms with Gasteiger partial charge in [0.15, 0.2) is 0 Å². The second-order valence-corrected chi connectivity index (χ2v) is 3.87. The molecule has 0 aromatic heterocycles. The smallest absolute Gasteiger partial charge is 0.0598 e. The first-order valence-corrected chi connectivity index (χ1v) is 4.95. The van der Waals surface area contributed by atoms with Crippen molar-refractivity contribution in [1.29, 1.82) is 0 Å². The van der Waals surface area contributed by atoms with Gasteiger partial charge in [0.1, 0.15) is 0 Å². The SMILES string of the molecule is C#CCN(C)C(C)CCNC(C)C. The highest BCUT2D eigenvalue weighted by molar-refractivity contribution is 4.88. The zero-order chi connectivity index (χ0) is 10.3. The van der Waals surface area contributed by atoms with Crippen LogP contribution in [0.25, 0.3) is 0 Å². The van der Waals surface area contributed by atoms with Crippen LogP contribution in [0.15, 0.2) is 0 Å². The van der Waals surface area contributed by atoms with Crippen LogP contribution in [0.4, 0.5) is 0 Å². The number of terminal acetylenes is 1. The fourth-order valence-electron chi connectivity index (χ4n) is 1.10. The Balaban J connectivity index is 3.50. The fraction of sp³-hybridized carbons (Fsp3) is 0.818. The first-order valence-electron chi connectivity index (χ1n) is 4.95. The van der Waals surface area contributed by atoms with Gasteiger partial charge in [0.2, 0.25) is 0 Å². The molecule has 13 heavy (non-hydrogen) atoms. The summed E-state index contributed by atoms with van der Waals surface area (Å²) in [5.41, 5.74) is 0. The molecule has 2 heteroatoms. The van der Waals surface area contributed by atoms with Crippen molar-refractivity contribution in [3.8, 4) is 12.3 Å². The quantitative estimate of drug-likeness (QED) is 0.623. The maximum Gasteiger partial charge on any atom is 0.0598 e. The van der Waals surface area contributed by atoms with Crippen LogP contribution in [0, 0.1) is 12.3 Å². The molecule has 0 radical (unpaired) electrons. The number of rotatable bonds is 6. The van der Waals surface area contributed by atoms with Gasteiger partial charge in [0.05, 0.1) is 6.54 Å². The zero-order valence-electron chi connectivity index (χ0n) is 9.30. The van der Waals surface area contributed by atoms with E-state index in [4.69, 9.17) is 6.42 Å². The summed E-state index contributed by atoms with van der Waals surface area (Å²) >= 11 is 0. The third kappa shape index (κ3) is 6.62. The molecular weight excluding hydrogens is 160 g/mol. The van der Waals surface area contributed by atoms with E-state index in [0.717, 1.165) is 19.5 Å². The van der Waals surface area contributed by atoms with E-state index in [0.29, 0.717) is 12.1 Å². The molecule has 0 saturated heterocycles. The molecule has 0 aromatic rings. The van der Waals surface area contributed by atoms with Crippen molar-refractivity contribution < 1.29 is 0 Å². The molecule has 1 unspecified atom stereocenters. The van der Waals surface area contributed by atoms with E-state index in [9.17, 15) is 0 Å². The Hall–Kier alpha value is -0.520. The lowest BCUT2D eigenvalue weighted by Gasteiger charge is -2.22. The van der Waals surface area contributed by atoms with Crippen LogP contribution in [0.5, 0.6) is 0 Å². The van der Waals surface area contributed by atoms with Crippen LogP contribution in [0.1, 0.15) is 27.2 Å². The van der Waals surface area contributed by atoms with Crippen molar-refractivity contribution in [2.75, 3.05) is 20.1 Å². The average Bonchev–Trinajstić information content (AvgIpc) is 2.04. The summed E-state index contributed by atoms with van der Waals surface area (Å²) in [4.78, 5) is 2.20. The maximum atomic E-state index is 5.24. The summed E-state index contributed by atoms with van der Waals surface area (Å²) in [6.07, 6.45) is 6.39. The minimum absolute atomic E-state index is 0.558. The minimum Gasteiger partial charge on any atom is -0.314 e. The lowest BCUT2D eigenvalue weighted by Crippen LogP contribution is -2.34. The number of nitrogens with zero attached hydrogens (tertiary/aromatic N) is 1. The number of hydrogen-bond acceptors (Lipinski definition) is 2. The van der Waals surface area contributed by atoms with Crippen LogP contribution in [0.3, 0.4) is 0 Å². The Bertz CT molecular complexity index is 158. The van der Waals surface area contributed by atoms with Gasteiger partial charge >= 0.3 is 0 Å². The van der Waals surface area contributed by atoms with Gasteiger partial charge in [-0.2, -0.15) is 0 Å². The van der Waals surface area contributed by atoms with E-state index in [-0.39, 0.29) is 0 Å². The molecule has 0 aliphatic heterocycles. The predicted octanol–water partition coefficient (Wildman–Crippen LogP) is 1.33. The van der Waals surface area contributed by atoms with Gasteiger partial charge in [-0.25, -0.2) is 0 Å². The Morgan fingerprint density at radius 1 is 1.38 bits per heavy atom. The number of hydrogen-bond donors (Lipinski definition) is 1. The van der Waals surface area contributed by atoms with E-state index in [2.05, 4.69) is 44.0 Å².